The van der Waals surface area contributed by atoms with Gasteiger partial charge in [0.25, 0.3) is 0 Å². The van der Waals surface area contributed by atoms with Gasteiger partial charge >= 0.3 is 0 Å². The van der Waals surface area contributed by atoms with Gasteiger partial charge in [-0.25, -0.2) is 0 Å². The molecular formula is C17H25N5O. The van der Waals surface area contributed by atoms with Crippen LogP contribution in [0.4, 0.5) is 0 Å². The van der Waals surface area contributed by atoms with Crippen LogP contribution in [0.5, 0.6) is 0 Å². The zero-order chi connectivity index (χ0) is 16.5. The maximum Gasteiger partial charge on any atom is 0.226 e. The van der Waals surface area contributed by atoms with E-state index >= 15 is 0 Å². The smallest absolute Gasteiger partial charge is 0.226 e. The van der Waals surface area contributed by atoms with Gasteiger partial charge in [-0.2, -0.15) is 4.98 Å². The molecule has 1 aromatic carbocycles. The molecule has 0 aliphatic rings. The van der Waals surface area contributed by atoms with Crippen LogP contribution >= 0.6 is 0 Å². The summed E-state index contributed by atoms with van der Waals surface area (Å²) in [6.45, 7) is 5.66. The van der Waals surface area contributed by atoms with Gasteiger partial charge in [0, 0.05) is 32.5 Å². The molecule has 0 atom stereocenters. The Balaban J connectivity index is 1.67. The van der Waals surface area contributed by atoms with Crippen molar-refractivity contribution >= 4 is 5.96 Å². The van der Waals surface area contributed by atoms with E-state index in [0.29, 0.717) is 11.8 Å². The molecule has 0 spiro atoms. The van der Waals surface area contributed by atoms with Gasteiger partial charge < -0.3 is 15.2 Å². The molecule has 0 unspecified atom stereocenters. The molecule has 0 fully saturated rings. The molecule has 0 amide bonds. The lowest BCUT2D eigenvalue weighted by molar-refractivity contribution is 0.368. The zero-order valence-electron chi connectivity index (χ0n) is 14.0. The fourth-order valence-electron chi connectivity index (χ4n) is 2.05. The van der Waals surface area contributed by atoms with Crippen molar-refractivity contribution in [3.8, 4) is 0 Å². The third kappa shape index (κ3) is 5.73. The number of hydrogen-bond acceptors (Lipinski definition) is 4. The molecule has 6 nitrogen and oxygen atoms in total. The summed E-state index contributed by atoms with van der Waals surface area (Å²) in [6, 6.07) is 10.2. The molecule has 124 valence electrons. The number of aliphatic imine (C=N–C) groups is 1. The molecule has 23 heavy (non-hydrogen) atoms. The normalized spacial score (nSPS) is 11.7. The fraction of sp³-hybridized carbons (Fsp3) is 0.471. The number of nitrogens with one attached hydrogen (secondary N) is 2. The predicted octanol–water partition coefficient (Wildman–Crippen LogP) is 2.49. The first-order valence-corrected chi connectivity index (χ1v) is 8.00. The molecule has 0 aliphatic heterocycles. The molecule has 1 heterocycles. The summed E-state index contributed by atoms with van der Waals surface area (Å²) in [7, 11) is 1.77. The van der Waals surface area contributed by atoms with Crippen LogP contribution in [0.15, 0.2) is 39.8 Å². The largest absolute Gasteiger partial charge is 0.356 e. The standard InChI is InChI=1S/C17H25N5O/c1-13(2)16-21-15(23-22-16)10-7-11-19-17(18-3)20-12-14-8-5-4-6-9-14/h4-6,8-9,13H,7,10-12H2,1-3H3,(H2,18,19,20). The predicted molar refractivity (Wildman–Crippen MR) is 91.4 cm³/mol. The Morgan fingerprint density at radius 3 is 2.65 bits per heavy atom. The molecule has 0 bridgehead atoms. The first kappa shape index (κ1) is 17.0. The Bertz CT molecular complexity index is 606. The highest BCUT2D eigenvalue weighted by Crippen LogP contribution is 2.10. The monoisotopic (exact) mass is 315 g/mol. The van der Waals surface area contributed by atoms with E-state index in [1.54, 1.807) is 7.05 Å². The third-order valence-corrected chi connectivity index (χ3v) is 3.39. The van der Waals surface area contributed by atoms with E-state index in [0.717, 1.165) is 37.7 Å². The van der Waals surface area contributed by atoms with E-state index in [1.807, 2.05) is 18.2 Å². The summed E-state index contributed by atoms with van der Waals surface area (Å²) in [5.74, 6) is 2.56. The molecule has 0 saturated carbocycles. The van der Waals surface area contributed by atoms with Crippen LogP contribution < -0.4 is 10.6 Å². The second kappa shape index (κ2) is 8.92. The maximum absolute atomic E-state index is 5.23. The second-order valence-corrected chi connectivity index (χ2v) is 5.64. The van der Waals surface area contributed by atoms with E-state index in [1.165, 1.54) is 5.56 Å². The summed E-state index contributed by atoms with van der Waals surface area (Å²) in [5.41, 5.74) is 1.22. The van der Waals surface area contributed by atoms with E-state index in [-0.39, 0.29) is 0 Å². The molecule has 0 radical (unpaired) electrons. The molecule has 2 aromatic rings. The van der Waals surface area contributed by atoms with Crippen molar-refractivity contribution in [3.05, 3.63) is 47.6 Å². The van der Waals surface area contributed by atoms with Gasteiger partial charge in [0.1, 0.15) is 0 Å². The quantitative estimate of drug-likeness (QED) is 0.466. The number of guanidine groups is 1. The summed E-state index contributed by atoms with van der Waals surface area (Å²) < 4.78 is 5.23. The average molecular weight is 315 g/mol. The molecule has 0 saturated heterocycles. The van der Waals surface area contributed by atoms with Gasteiger partial charge in [-0.15, -0.1) is 0 Å². The minimum atomic E-state index is 0.298. The Morgan fingerprint density at radius 1 is 1.22 bits per heavy atom. The average Bonchev–Trinajstić information content (AvgIpc) is 3.04. The first-order valence-electron chi connectivity index (χ1n) is 8.00. The van der Waals surface area contributed by atoms with Crippen molar-refractivity contribution < 1.29 is 4.52 Å². The number of aromatic nitrogens is 2. The van der Waals surface area contributed by atoms with E-state index in [2.05, 4.69) is 51.7 Å². The Hall–Kier alpha value is -2.37. The van der Waals surface area contributed by atoms with Gasteiger partial charge in [-0.05, 0) is 12.0 Å². The maximum atomic E-state index is 5.23. The number of benzene rings is 1. The van der Waals surface area contributed by atoms with Crippen LogP contribution in [-0.2, 0) is 13.0 Å². The van der Waals surface area contributed by atoms with Crippen molar-refractivity contribution in [1.29, 1.82) is 0 Å². The van der Waals surface area contributed by atoms with Gasteiger partial charge in [0.05, 0.1) is 0 Å². The van der Waals surface area contributed by atoms with Crippen LogP contribution in [-0.4, -0.2) is 29.7 Å². The fourth-order valence-corrected chi connectivity index (χ4v) is 2.05. The molecule has 2 N–H and O–H groups in total. The lowest BCUT2D eigenvalue weighted by atomic mass is 10.2. The van der Waals surface area contributed by atoms with Crippen LogP contribution in [0, 0.1) is 0 Å². The van der Waals surface area contributed by atoms with Crippen molar-refractivity contribution in [2.45, 2.75) is 39.2 Å². The highest BCUT2D eigenvalue weighted by molar-refractivity contribution is 5.79. The molecule has 1 aromatic heterocycles. The van der Waals surface area contributed by atoms with Crippen molar-refractivity contribution in [1.82, 2.24) is 20.8 Å². The third-order valence-electron chi connectivity index (χ3n) is 3.39. The highest BCUT2D eigenvalue weighted by Gasteiger charge is 2.09. The molecule has 2 rings (SSSR count). The summed E-state index contributed by atoms with van der Waals surface area (Å²) in [5, 5.41) is 10.5. The van der Waals surface area contributed by atoms with Crippen molar-refractivity contribution in [3.63, 3.8) is 0 Å². The SMILES string of the molecule is CN=C(NCCCc1nc(C(C)C)no1)NCc1ccccc1. The highest BCUT2D eigenvalue weighted by atomic mass is 16.5. The molecule has 6 heteroatoms. The van der Waals surface area contributed by atoms with Gasteiger partial charge in [-0.1, -0.05) is 49.3 Å². The van der Waals surface area contributed by atoms with Gasteiger partial charge in [-0.3, -0.25) is 4.99 Å². The van der Waals surface area contributed by atoms with Crippen LogP contribution in [0.1, 0.15) is 43.5 Å². The number of rotatable bonds is 7. The van der Waals surface area contributed by atoms with Crippen LogP contribution in [0.2, 0.25) is 0 Å². The Morgan fingerprint density at radius 2 is 2.00 bits per heavy atom. The van der Waals surface area contributed by atoms with Gasteiger partial charge in [0.2, 0.25) is 5.89 Å². The first-order chi connectivity index (χ1) is 11.2. The summed E-state index contributed by atoms with van der Waals surface area (Å²) in [6.07, 6.45) is 1.67. The lowest BCUT2D eigenvalue weighted by Gasteiger charge is -2.11. The van der Waals surface area contributed by atoms with Crippen molar-refractivity contribution in [2.75, 3.05) is 13.6 Å². The lowest BCUT2D eigenvalue weighted by Crippen LogP contribution is -2.37. The second-order valence-electron chi connectivity index (χ2n) is 5.64. The van der Waals surface area contributed by atoms with Crippen LogP contribution in [0.25, 0.3) is 0 Å². The van der Waals surface area contributed by atoms with Crippen LogP contribution in [0.3, 0.4) is 0 Å². The number of aryl methyl sites for hydroxylation is 1. The molecule has 0 aliphatic carbocycles. The topological polar surface area (TPSA) is 75.3 Å². The minimum absolute atomic E-state index is 0.298. The minimum Gasteiger partial charge on any atom is -0.356 e. The van der Waals surface area contributed by atoms with E-state index in [4.69, 9.17) is 4.52 Å². The Labute approximate surface area is 137 Å². The van der Waals surface area contributed by atoms with E-state index in [9.17, 15) is 0 Å². The van der Waals surface area contributed by atoms with Crippen molar-refractivity contribution in [2.24, 2.45) is 4.99 Å². The van der Waals surface area contributed by atoms with Gasteiger partial charge in [0.15, 0.2) is 11.8 Å². The molecular weight excluding hydrogens is 290 g/mol. The summed E-state index contributed by atoms with van der Waals surface area (Å²) >= 11 is 0. The zero-order valence-corrected chi connectivity index (χ0v) is 14.0. The number of hydrogen-bond donors (Lipinski definition) is 2. The Kier molecular flexibility index (Phi) is 6.59. The summed E-state index contributed by atoms with van der Waals surface area (Å²) in [4.78, 5) is 8.59. The van der Waals surface area contributed by atoms with E-state index < -0.39 is 0 Å². The number of nitrogens with zero attached hydrogens (tertiary/aromatic N) is 3.